The van der Waals surface area contributed by atoms with E-state index in [-0.39, 0.29) is 21.7 Å². The third-order valence-electron chi connectivity index (χ3n) is 14.2. The Bertz CT molecular complexity index is 2520. The van der Waals surface area contributed by atoms with E-state index in [0.29, 0.717) is 0 Å². The molecule has 0 aromatic heterocycles. The normalized spacial score (nSPS) is 16.7. The van der Waals surface area contributed by atoms with Gasteiger partial charge in [0.1, 0.15) is 0 Å². The first-order chi connectivity index (χ1) is 27.3. The van der Waals surface area contributed by atoms with E-state index < -0.39 is 10.8 Å². The minimum absolute atomic E-state index is 0.00267. The van der Waals surface area contributed by atoms with Crippen LogP contribution in [0.25, 0.3) is 47.2 Å². The first-order valence-corrected chi connectivity index (χ1v) is 21.5. The molecule has 0 heteroatoms. The van der Waals surface area contributed by atoms with Crippen LogP contribution in [0, 0.1) is 0 Å². The first kappa shape index (κ1) is 37.1. The van der Waals surface area contributed by atoms with Gasteiger partial charge in [0.05, 0.1) is 10.8 Å². The van der Waals surface area contributed by atoms with Crippen molar-refractivity contribution in [1.29, 1.82) is 0 Å². The van der Waals surface area contributed by atoms with Crippen molar-refractivity contribution >= 4 is 47.2 Å². The molecule has 10 rings (SSSR count). The maximum absolute atomic E-state index is 2.53. The van der Waals surface area contributed by atoms with Gasteiger partial charge < -0.3 is 0 Å². The van der Waals surface area contributed by atoms with Crippen molar-refractivity contribution < 1.29 is 0 Å². The predicted octanol–water partition coefficient (Wildman–Crippen LogP) is 15.2. The van der Waals surface area contributed by atoms with Crippen LogP contribution in [0.2, 0.25) is 0 Å². The molecule has 0 saturated carbocycles. The molecule has 0 fully saturated rings. The Morgan fingerprint density at radius 1 is 0.259 bits per heavy atom. The van der Waals surface area contributed by atoms with E-state index in [2.05, 4.69) is 217 Å². The topological polar surface area (TPSA) is 0 Å². The lowest BCUT2D eigenvalue weighted by Crippen LogP contribution is -2.51. The zero-order chi connectivity index (χ0) is 40.9. The molecular weight excluding hydrogens is 697 g/mol. The summed E-state index contributed by atoms with van der Waals surface area (Å²) in [6.45, 7) is 28.1. The molecule has 0 nitrogen and oxygen atoms in total. The van der Waals surface area contributed by atoms with Gasteiger partial charge in [0.2, 0.25) is 0 Å². The minimum atomic E-state index is -0.641. The highest BCUT2D eigenvalue weighted by molar-refractivity contribution is 6.12. The Morgan fingerprint density at radius 2 is 0.500 bits per heavy atom. The highest BCUT2D eigenvalue weighted by Gasteiger charge is 2.65. The van der Waals surface area contributed by atoms with Gasteiger partial charge in [-0.05, 0) is 121 Å². The summed E-state index contributed by atoms with van der Waals surface area (Å²) in [7, 11) is 0. The highest BCUT2D eigenvalue weighted by Crippen LogP contribution is 2.70. The van der Waals surface area contributed by atoms with Crippen molar-refractivity contribution in [3.63, 3.8) is 0 Å². The Balaban J connectivity index is 1.49. The molecule has 2 spiro atoms. The van der Waals surface area contributed by atoms with Gasteiger partial charge in [-0.2, -0.15) is 0 Å². The minimum Gasteiger partial charge on any atom is -0.0581 e. The Hall–Kier alpha value is -5.20. The SMILES string of the molecule is CC(C)(C)c1ccc2c(c1)C=Cc1cc(C(C)(C)C)ccc1C21c2ccc3c4c(ccc(c24)C12c1ccc(C(C)(C)C)cc1C=Cc1cc(C(C)(C)C)ccc12)C=C3. The average molecular weight is 755 g/mol. The van der Waals surface area contributed by atoms with Crippen LogP contribution >= 0.6 is 0 Å². The van der Waals surface area contributed by atoms with Crippen LogP contribution in [-0.2, 0) is 32.5 Å². The van der Waals surface area contributed by atoms with Crippen LogP contribution in [0.15, 0.2) is 97.1 Å². The smallest absolute Gasteiger partial charge is 0.0581 e. The zero-order valence-electron chi connectivity index (χ0n) is 36.7. The molecule has 6 aromatic carbocycles. The fourth-order valence-corrected chi connectivity index (χ4v) is 11.1. The van der Waals surface area contributed by atoms with Gasteiger partial charge in [0.25, 0.3) is 0 Å². The monoisotopic (exact) mass is 754 g/mol. The molecule has 6 aromatic rings. The number of fused-ring (bicyclic) bond motifs is 11. The standard InChI is InChI=1S/C58H58/c1-53(2,3)41-21-27-45-37(31-41)15-16-38-32-42(54(4,5)6)22-28-46(38)57(45)49-25-19-35-13-14-36-20-26-50(52(49)51(35)36)58(57)47-29-23-43(55(7,8)9)33-39(47)17-18-40-34-44(56(10,11)12)24-30-48(40)58/h13-34H,1-12H3. The predicted molar refractivity (Wildman–Crippen MR) is 251 cm³/mol. The van der Waals surface area contributed by atoms with Crippen molar-refractivity contribution in [2.24, 2.45) is 0 Å². The molecule has 0 saturated heterocycles. The van der Waals surface area contributed by atoms with Crippen LogP contribution in [0.1, 0.15) is 172 Å². The van der Waals surface area contributed by atoms with Gasteiger partial charge in [-0.15, -0.1) is 0 Å². The van der Waals surface area contributed by atoms with Crippen LogP contribution < -0.4 is 0 Å². The number of hydrogen-bond donors (Lipinski definition) is 0. The van der Waals surface area contributed by atoms with Gasteiger partial charge in [-0.25, -0.2) is 0 Å². The van der Waals surface area contributed by atoms with Crippen molar-refractivity contribution in [2.75, 3.05) is 0 Å². The second-order valence-corrected chi connectivity index (χ2v) is 21.9. The van der Waals surface area contributed by atoms with Gasteiger partial charge in [-0.1, -0.05) is 217 Å². The van der Waals surface area contributed by atoms with Crippen LogP contribution in [0.3, 0.4) is 0 Å². The molecule has 0 N–H and O–H groups in total. The lowest BCUT2D eigenvalue weighted by atomic mass is 9.49. The molecule has 0 bridgehead atoms. The molecule has 4 aliphatic carbocycles. The first-order valence-electron chi connectivity index (χ1n) is 21.5. The van der Waals surface area contributed by atoms with E-state index in [1.54, 1.807) is 0 Å². The summed E-state index contributed by atoms with van der Waals surface area (Å²) in [6.07, 6.45) is 14.4. The van der Waals surface area contributed by atoms with Crippen molar-refractivity contribution in [3.05, 3.63) is 186 Å². The molecule has 0 unspecified atom stereocenters. The zero-order valence-corrected chi connectivity index (χ0v) is 36.7. The van der Waals surface area contributed by atoms with E-state index in [1.807, 2.05) is 0 Å². The lowest BCUT2D eigenvalue weighted by molar-refractivity contribution is 0.439. The highest BCUT2D eigenvalue weighted by atomic mass is 14.6. The molecule has 58 heavy (non-hydrogen) atoms. The molecule has 0 heterocycles. The third-order valence-corrected chi connectivity index (χ3v) is 14.2. The summed E-state index contributed by atoms with van der Waals surface area (Å²) in [4.78, 5) is 0. The molecular formula is C58H58. The van der Waals surface area contributed by atoms with Gasteiger partial charge >= 0.3 is 0 Å². The number of benzene rings is 6. The summed E-state index contributed by atoms with van der Waals surface area (Å²) in [5.74, 6) is 0. The van der Waals surface area contributed by atoms with E-state index in [4.69, 9.17) is 0 Å². The lowest BCUT2D eigenvalue weighted by Gasteiger charge is -2.51. The maximum atomic E-state index is 2.53. The Labute approximate surface area is 347 Å². The van der Waals surface area contributed by atoms with Crippen LogP contribution in [-0.4, -0.2) is 0 Å². The van der Waals surface area contributed by atoms with E-state index >= 15 is 0 Å². The third kappa shape index (κ3) is 4.87. The quantitative estimate of drug-likeness (QED) is 0.145. The Kier molecular flexibility index (Phi) is 7.50. The summed E-state index contributed by atoms with van der Waals surface area (Å²) in [5.41, 5.74) is 20.3. The summed E-state index contributed by atoms with van der Waals surface area (Å²) in [5, 5.41) is 2.80. The van der Waals surface area contributed by atoms with E-state index in [1.165, 1.54) is 99.8 Å². The molecule has 0 aliphatic heterocycles. The molecule has 0 radical (unpaired) electrons. The van der Waals surface area contributed by atoms with Crippen molar-refractivity contribution in [3.8, 4) is 0 Å². The van der Waals surface area contributed by atoms with Gasteiger partial charge in [-0.3, -0.25) is 0 Å². The maximum Gasteiger partial charge on any atom is 0.0647 e. The number of hydrogen-bond acceptors (Lipinski definition) is 0. The fourth-order valence-electron chi connectivity index (χ4n) is 11.1. The largest absolute Gasteiger partial charge is 0.0647 e. The molecule has 290 valence electrons. The van der Waals surface area contributed by atoms with Crippen molar-refractivity contribution in [1.82, 2.24) is 0 Å². The summed E-state index contributed by atoms with van der Waals surface area (Å²) >= 11 is 0. The van der Waals surface area contributed by atoms with Crippen LogP contribution in [0.4, 0.5) is 0 Å². The second kappa shape index (κ2) is 11.7. The molecule has 0 amide bonds. The van der Waals surface area contributed by atoms with Gasteiger partial charge in [0.15, 0.2) is 0 Å². The number of rotatable bonds is 0. The summed E-state index contributed by atoms with van der Waals surface area (Å²) < 4.78 is 0. The average Bonchev–Trinajstić information content (AvgIpc) is 3.59. The van der Waals surface area contributed by atoms with Crippen LogP contribution in [0.5, 0.6) is 0 Å². The second-order valence-electron chi connectivity index (χ2n) is 21.9. The van der Waals surface area contributed by atoms with Crippen molar-refractivity contribution in [2.45, 2.75) is 116 Å². The van der Waals surface area contributed by atoms with Gasteiger partial charge in [0, 0.05) is 0 Å². The fraction of sp³-hybridized carbons (Fsp3) is 0.310. The van der Waals surface area contributed by atoms with E-state index in [9.17, 15) is 0 Å². The molecule has 0 atom stereocenters. The Morgan fingerprint density at radius 3 is 0.759 bits per heavy atom. The summed E-state index contributed by atoms with van der Waals surface area (Å²) in [6, 6.07) is 39.8. The van der Waals surface area contributed by atoms with E-state index in [0.717, 1.165) is 0 Å². The molecule has 4 aliphatic rings.